The number of benzene rings is 3. The van der Waals surface area contributed by atoms with Gasteiger partial charge in [-0.2, -0.15) is 0 Å². The van der Waals surface area contributed by atoms with Gasteiger partial charge < -0.3 is 18.8 Å². The standard InChI is InChI=1S/C23H22ClN2O4P/c1-28-31(27,29-2)23-22(25-15-18-9-4-6-13-20(18)24)30-21(26-23)14-17-11-7-10-16-8-3-5-12-19(16)17/h3-13,25H,14-15H2,1-2H3. The fraction of sp³-hybridized carbons (Fsp3) is 0.174. The maximum atomic E-state index is 13.1. The Morgan fingerprint density at radius 2 is 1.65 bits per heavy atom. The first-order chi connectivity index (χ1) is 15.0. The number of nitrogens with zero attached hydrogens (tertiary/aromatic N) is 1. The Labute approximate surface area is 185 Å². The lowest BCUT2D eigenvalue weighted by Gasteiger charge is -2.12. The van der Waals surface area contributed by atoms with Crippen LogP contribution in [-0.2, 0) is 26.6 Å². The average Bonchev–Trinajstić information content (AvgIpc) is 3.21. The zero-order chi connectivity index (χ0) is 21.8. The Balaban J connectivity index is 1.69. The van der Waals surface area contributed by atoms with Gasteiger partial charge >= 0.3 is 7.60 Å². The Hall–Kier alpha value is -2.63. The van der Waals surface area contributed by atoms with Crippen molar-refractivity contribution in [2.45, 2.75) is 13.0 Å². The largest absolute Gasteiger partial charge is 0.424 e. The van der Waals surface area contributed by atoms with Crippen LogP contribution in [0.25, 0.3) is 10.8 Å². The van der Waals surface area contributed by atoms with E-state index in [4.69, 9.17) is 25.1 Å². The Morgan fingerprint density at radius 3 is 2.42 bits per heavy atom. The molecule has 31 heavy (non-hydrogen) atoms. The fourth-order valence-electron chi connectivity index (χ4n) is 3.41. The summed E-state index contributed by atoms with van der Waals surface area (Å²) in [5, 5.41) is 6.00. The van der Waals surface area contributed by atoms with Crippen LogP contribution < -0.4 is 10.8 Å². The van der Waals surface area contributed by atoms with Gasteiger partial charge in [0.1, 0.15) is 0 Å². The highest BCUT2D eigenvalue weighted by Gasteiger charge is 2.34. The van der Waals surface area contributed by atoms with Crippen LogP contribution in [0, 0.1) is 0 Å². The van der Waals surface area contributed by atoms with Crippen molar-refractivity contribution < 1.29 is 18.0 Å². The number of anilines is 1. The highest BCUT2D eigenvalue weighted by atomic mass is 35.5. The van der Waals surface area contributed by atoms with E-state index in [0.29, 0.717) is 23.9 Å². The molecule has 0 spiro atoms. The maximum Gasteiger partial charge on any atom is 0.384 e. The summed E-state index contributed by atoms with van der Waals surface area (Å²) >= 11 is 6.25. The minimum Gasteiger partial charge on any atom is -0.424 e. The van der Waals surface area contributed by atoms with Crippen molar-refractivity contribution in [2.75, 3.05) is 19.5 Å². The lowest BCUT2D eigenvalue weighted by atomic mass is 10.0. The minimum absolute atomic E-state index is 0.111. The smallest absolute Gasteiger partial charge is 0.384 e. The van der Waals surface area contributed by atoms with Gasteiger partial charge in [0.2, 0.25) is 17.2 Å². The second-order valence-electron chi connectivity index (χ2n) is 6.88. The molecule has 0 aliphatic heterocycles. The highest BCUT2D eigenvalue weighted by molar-refractivity contribution is 7.62. The molecule has 1 N–H and O–H groups in total. The van der Waals surface area contributed by atoms with Crippen LogP contribution >= 0.6 is 19.2 Å². The first-order valence-electron chi connectivity index (χ1n) is 9.70. The Morgan fingerprint density at radius 1 is 0.968 bits per heavy atom. The molecule has 6 nitrogen and oxygen atoms in total. The van der Waals surface area contributed by atoms with Crippen molar-refractivity contribution in [1.82, 2.24) is 4.98 Å². The number of hydrogen-bond donors (Lipinski definition) is 1. The summed E-state index contributed by atoms with van der Waals surface area (Å²) in [5.41, 5.74) is 2.03. The van der Waals surface area contributed by atoms with Gasteiger partial charge in [0.15, 0.2) is 0 Å². The molecule has 1 heterocycles. The van der Waals surface area contributed by atoms with Crippen molar-refractivity contribution in [3.8, 4) is 0 Å². The number of aromatic nitrogens is 1. The molecule has 0 saturated heterocycles. The molecule has 3 aromatic carbocycles. The van der Waals surface area contributed by atoms with Gasteiger partial charge in [-0.25, -0.2) is 4.98 Å². The van der Waals surface area contributed by atoms with Crippen molar-refractivity contribution >= 4 is 41.3 Å². The Bertz CT molecular complexity index is 1240. The summed E-state index contributed by atoms with van der Waals surface area (Å²) in [6.45, 7) is 0.364. The summed E-state index contributed by atoms with van der Waals surface area (Å²) in [6.07, 6.45) is 0.426. The molecule has 4 rings (SSSR count). The second kappa shape index (κ2) is 9.25. The minimum atomic E-state index is -3.64. The third kappa shape index (κ3) is 4.53. The third-order valence-corrected chi connectivity index (χ3v) is 7.16. The number of nitrogens with one attached hydrogen (secondary N) is 1. The molecule has 0 radical (unpaired) electrons. The van der Waals surface area contributed by atoms with Crippen LogP contribution in [0.5, 0.6) is 0 Å². The van der Waals surface area contributed by atoms with Gasteiger partial charge in [-0.3, -0.25) is 4.57 Å². The van der Waals surface area contributed by atoms with E-state index in [1.54, 1.807) is 6.07 Å². The van der Waals surface area contributed by atoms with Gasteiger partial charge in [0.05, 0.1) is 6.42 Å². The number of oxazole rings is 1. The van der Waals surface area contributed by atoms with E-state index >= 15 is 0 Å². The highest BCUT2D eigenvalue weighted by Crippen LogP contribution is 2.47. The summed E-state index contributed by atoms with van der Waals surface area (Å²) in [7, 11) is -0.995. The summed E-state index contributed by atoms with van der Waals surface area (Å²) in [6, 6.07) is 21.6. The predicted octanol–water partition coefficient (Wildman–Crippen LogP) is 5.80. The normalized spacial score (nSPS) is 11.7. The van der Waals surface area contributed by atoms with Crippen molar-refractivity contribution in [2.24, 2.45) is 0 Å². The van der Waals surface area contributed by atoms with E-state index in [0.717, 1.165) is 21.9 Å². The number of fused-ring (bicyclic) bond motifs is 1. The van der Waals surface area contributed by atoms with Gasteiger partial charge in [0.25, 0.3) is 0 Å². The number of rotatable bonds is 8. The van der Waals surface area contributed by atoms with Crippen molar-refractivity contribution in [1.29, 1.82) is 0 Å². The summed E-state index contributed by atoms with van der Waals surface area (Å²) in [4.78, 5) is 4.49. The quantitative estimate of drug-likeness (QED) is 0.338. The second-order valence-corrected chi connectivity index (χ2v) is 9.44. The van der Waals surface area contributed by atoms with Gasteiger partial charge in [-0.15, -0.1) is 0 Å². The molecule has 0 saturated carbocycles. The molecule has 0 fully saturated rings. The van der Waals surface area contributed by atoms with Crippen LogP contribution in [0.2, 0.25) is 5.02 Å². The number of halogens is 1. The molecule has 0 amide bonds. The zero-order valence-electron chi connectivity index (χ0n) is 17.2. The van der Waals surface area contributed by atoms with E-state index in [9.17, 15) is 4.57 Å². The fourth-order valence-corrected chi connectivity index (χ4v) is 4.71. The molecule has 1 aromatic heterocycles. The first-order valence-corrected chi connectivity index (χ1v) is 11.6. The van der Waals surface area contributed by atoms with E-state index in [-0.39, 0.29) is 11.3 Å². The predicted molar refractivity (Wildman–Crippen MR) is 123 cm³/mol. The summed E-state index contributed by atoms with van der Waals surface area (Å²) in [5.74, 6) is 0.643. The monoisotopic (exact) mass is 456 g/mol. The molecule has 0 bridgehead atoms. The maximum absolute atomic E-state index is 13.1. The third-order valence-electron chi connectivity index (χ3n) is 5.01. The lowest BCUT2D eigenvalue weighted by Crippen LogP contribution is -2.15. The zero-order valence-corrected chi connectivity index (χ0v) is 18.8. The van der Waals surface area contributed by atoms with Gasteiger partial charge in [-0.1, -0.05) is 72.3 Å². The lowest BCUT2D eigenvalue weighted by molar-refractivity contribution is 0.286. The van der Waals surface area contributed by atoms with E-state index in [1.165, 1.54) is 14.2 Å². The average molecular weight is 457 g/mol. The van der Waals surface area contributed by atoms with Crippen LogP contribution in [0.1, 0.15) is 17.0 Å². The molecule has 0 unspecified atom stereocenters. The number of hydrogen-bond acceptors (Lipinski definition) is 6. The SMILES string of the molecule is COP(=O)(OC)c1nc(Cc2cccc3ccccc23)oc1NCc1ccccc1Cl. The molecule has 8 heteroatoms. The Kier molecular flexibility index (Phi) is 6.44. The molecule has 0 atom stereocenters. The molecule has 0 aliphatic carbocycles. The molecule has 160 valence electrons. The molecule has 0 aliphatic rings. The van der Waals surface area contributed by atoms with Gasteiger partial charge in [0, 0.05) is 25.8 Å². The van der Waals surface area contributed by atoms with E-state index in [2.05, 4.69) is 28.5 Å². The molecule has 4 aromatic rings. The van der Waals surface area contributed by atoms with Crippen LogP contribution in [0.15, 0.2) is 71.1 Å². The van der Waals surface area contributed by atoms with Crippen molar-refractivity contribution in [3.05, 3.63) is 88.8 Å². The summed E-state index contributed by atoms with van der Waals surface area (Å²) < 4.78 is 29.4. The van der Waals surface area contributed by atoms with Gasteiger partial charge in [-0.05, 0) is 28.0 Å². The first kappa shape index (κ1) is 21.6. The van der Waals surface area contributed by atoms with Crippen molar-refractivity contribution in [3.63, 3.8) is 0 Å². The molecular weight excluding hydrogens is 435 g/mol. The molecular formula is C23H22ClN2O4P. The van der Waals surface area contributed by atoms with Crippen LogP contribution in [0.3, 0.4) is 0 Å². The van der Waals surface area contributed by atoms with Crippen LogP contribution in [0.4, 0.5) is 5.88 Å². The van der Waals surface area contributed by atoms with Crippen LogP contribution in [-0.4, -0.2) is 19.2 Å². The topological polar surface area (TPSA) is 73.6 Å². The van der Waals surface area contributed by atoms with E-state index < -0.39 is 7.60 Å². The van der Waals surface area contributed by atoms with E-state index in [1.807, 2.05) is 42.5 Å².